The zero-order valence-corrected chi connectivity index (χ0v) is 17.3. The summed E-state index contributed by atoms with van der Waals surface area (Å²) in [5.41, 5.74) is 6.56. The molecule has 0 radical (unpaired) electrons. The van der Waals surface area contributed by atoms with Crippen molar-refractivity contribution in [3.05, 3.63) is 41.3 Å². The van der Waals surface area contributed by atoms with Crippen LogP contribution >= 0.6 is 12.4 Å². The summed E-state index contributed by atoms with van der Waals surface area (Å²) >= 11 is 0. The minimum Gasteiger partial charge on any atom is -0.493 e. The highest BCUT2D eigenvalue weighted by atomic mass is 35.5. The molecule has 1 aliphatic heterocycles. The van der Waals surface area contributed by atoms with Gasteiger partial charge >= 0.3 is 0 Å². The number of piperidine rings is 1. The molecular weight excluding hydrogens is 398 g/mol. The van der Waals surface area contributed by atoms with Crippen molar-refractivity contribution < 1.29 is 23.5 Å². The largest absolute Gasteiger partial charge is 0.493 e. The van der Waals surface area contributed by atoms with Gasteiger partial charge in [0.2, 0.25) is 0 Å². The van der Waals surface area contributed by atoms with Crippen molar-refractivity contribution in [1.29, 1.82) is 0 Å². The number of benzene rings is 1. The van der Waals surface area contributed by atoms with Crippen LogP contribution in [0.25, 0.3) is 0 Å². The van der Waals surface area contributed by atoms with Gasteiger partial charge in [0.25, 0.3) is 11.8 Å². The number of methoxy groups -OCH3 is 2. The first kappa shape index (κ1) is 22.6. The van der Waals surface area contributed by atoms with E-state index in [0.717, 1.165) is 19.3 Å². The molecule has 0 bridgehead atoms. The zero-order valence-electron chi connectivity index (χ0n) is 16.5. The van der Waals surface area contributed by atoms with Crippen LogP contribution in [-0.2, 0) is 6.54 Å². The zero-order chi connectivity index (χ0) is 20.1. The molecular formula is C20H26ClN3O5. The van der Waals surface area contributed by atoms with Gasteiger partial charge in [-0.15, -0.1) is 12.4 Å². The molecule has 2 amide bonds. The number of hydrogen-bond donors (Lipinski definition) is 2. The monoisotopic (exact) mass is 423 g/mol. The number of nitrogens with two attached hydrogens (primary N) is 1. The fourth-order valence-corrected chi connectivity index (χ4v) is 3.23. The van der Waals surface area contributed by atoms with E-state index in [9.17, 15) is 9.59 Å². The number of rotatable bonds is 6. The molecule has 0 saturated carbocycles. The number of anilines is 1. The Morgan fingerprint density at radius 1 is 1.10 bits per heavy atom. The van der Waals surface area contributed by atoms with Gasteiger partial charge in [0.05, 0.1) is 37.6 Å². The Kier molecular flexibility index (Phi) is 7.92. The number of carbonyl (C=O) groups is 2. The Bertz CT molecular complexity index is 862. The second kappa shape index (κ2) is 10.2. The van der Waals surface area contributed by atoms with Crippen LogP contribution in [0, 0.1) is 0 Å². The summed E-state index contributed by atoms with van der Waals surface area (Å²) in [5.74, 6) is 0.800. The lowest BCUT2D eigenvalue weighted by molar-refractivity contribution is 0.0725. The van der Waals surface area contributed by atoms with Gasteiger partial charge in [0.1, 0.15) is 12.0 Å². The topological polar surface area (TPSA) is 107 Å². The molecule has 1 aromatic carbocycles. The quantitative estimate of drug-likeness (QED) is 0.739. The lowest BCUT2D eigenvalue weighted by Crippen LogP contribution is -2.36. The van der Waals surface area contributed by atoms with E-state index in [0.29, 0.717) is 47.2 Å². The Morgan fingerprint density at radius 3 is 2.34 bits per heavy atom. The molecule has 1 aliphatic rings. The van der Waals surface area contributed by atoms with Crippen molar-refractivity contribution >= 4 is 29.9 Å². The van der Waals surface area contributed by atoms with Gasteiger partial charge in [0, 0.05) is 19.2 Å². The molecule has 158 valence electrons. The smallest absolute Gasteiger partial charge is 0.258 e. The Morgan fingerprint density at radius 2 is 1.76 bits per heavy atom. The molecule has 3 rings (SSSR count). The predicted molar refractivity (Wildman–Crippen MR) is 111 cm³/mol. The maximum atomic E-state index is 13.1. The number of nitrogens with one attached hydrogen (secondary N) is 1. The van der Waals surface area contributed by atoms with Crippen LogP contribution in [0.5, 0.6) is 11.5 Å². The van der Waals surface area contributed by atoms with Gasteiger partial charge in [-0.05, 0) is 31.4 Å². The predicted octanol–water partition coefficient (Wildman–Crippen LogP) is 3.06. The summed E-state index contributed by atoms with van der Waals surface area (Å²) in [7, 11) is 3.00. The van der Waals surface area contributed by atoms with Crippen LogP contribution in [-0.4, -0.2) is 44.0 Å². The molecule has 3 N–H and O–H groups in total. The minimum absolute atomic E-state index is 0. The highest BCUT2D eigenvalue weighted by Crippen LogP contribution is 2.34. The van der Waals surface area contributed by atoms with E-state index in [4.69, 9.17) is 19.6 Å². The maximum Gasteiger partial charge on any atom is 0.258 e. The molecule has 0 aliphatic carbocycles. The fraction of sp³-hybridized carbons (Fsp3) is 0.400. The van der Waals surface area contributed by atoms with Gasteiger partial charge in [-0.2, -0.15) is 0 Å². The van der Waals surface area contributed by atoms with Crippen molar-refractivity contribution in [1.82, 2.24) is 4.90 Å². The van der Waals surface area contributed by atoms with E-state index in [1.165, 1.54) is 20.5 Å². The lowest BCUT2D eigenvalue weighted by atomic mass is 10.1. The number of furan rings is 1. The Balaban J connectivity index is 0.00000300. The number of ether oxygens (including phenoxy) is 2. The van der Waals surface area contributed by atoms with E-state index < -0.39 is 5.91 Å². The summed E-state index contributed by atoms with van der Waals surface area (Å²) in [6.07, 6.45) is 4.39. The molecule has 0 unspecified atom stereocenters. The molecule has 8 nitrogen and oxygen atoms in total. The van der Waals surface area contributed by atoms with Crippen LogP contribution in [0.2, 0.25) is 0 Å². The van der Waals surface area contributed by atoms with Crippen LogP contribution in [0.4, 0.5) is 5.69 Å². The Labute approximate surface area is 175 Å². The summed E-state index contributed by atoms with van der Waals surface area (Å²) in [6.45, 7) is 1.59. The van der Waals surface area contributed by atoms with Crippen LogP contribution < -0.4 is 20.5 Å². The summed E-state index contributed by atoms with van der Waals surface area (Å²) in [5, 5.41) is 2.79. The van der Waals surface area contributed by atoms with Crippen LogP contribution in [0.15, 0.2) is 28.9 Å². The van der Waals surface area contributed by atoms with Crippen LogP contribution in [0.1, 0.15) is 45.7 Å². The molecule has 29 heavy (non-hydrogen) atoms. The molecule has 0 atom stereocenters. The SMILES string of the molecule is COc1cc(NC(=O)c2coc(CN)c2)c(C(=O)N2CCCCC2)cc1OC.Cl. The van der Waals surface area contributed by atoms with E-state index in [1.807, 2.05) is 0 Å². The third kappa shape index (κ3) is 5.02. The number of hydrogen-bond acceptors (Lipinski definition) is 6. The first-order valence-corrected chi connectivity index (χ1v) is 9.21. The molecule has 1 saturated heterocycles. The average Bonchev–Trinajstić information content (AvgIpc) is 3.23. The third-order valence-corrected chi connectivity index (χ3v) is 4.76. The number of nitrogens with zero attached hydrogens (tertiary/aromatic N) is 1. The van der Waals surface area contributed by atoms with Crippen molar-refractivity contribution in [3.8, 4) is 11.5 Å². The van der Waals surface area contributed by atoms with Crippen LogP contribution in [0.3, 0.4) is 0 Å². The van der Waals surface area contributed by atoms with E-state index in [2.05, 4.69) is 5.32 Å². The maximum absolute atomic E-state index is 13.1. The highest BCUT2D eigenvalue weighted by Gasteiger charge is 2.24. The molecule has 1 aromatic heterocycles. The normalized spacial score (nSPS) is 13.4. The van der Waals surface area contributed by atoms with Gasteiger partial charge in [-0.1, -0.05) is 0 Å². The number of likely N-dealkylation sites (tertiary alicyclic amines) is 1. The van der Waals surface area contributed by atoms with Gasteiger partial charge in [0.15, 0.2) is 11.5 Å². The summed E-state index contributed by atoms with van der Waals surface area (Å²) in [4.78, 5) is 27.5. The van der Waals surface area contributed by atoms with E-state index in [-0.39, 0.29) is 24.9 Å². The fourth-order valence-electron chi connectivity index (χ4n) is 3.23. The highest BCUT2D eigenvalue weighted by molar-refractivity contribution is 6.09. The van der Waals surface area contributed by atoms with Gasteiger partial charge in [-0.25, -0.2) is 0 Å². The summed E-state index contributed by atoms with van der Waals surface area (Å²) < 4.78 is 15.9. The van der Waals surface area contributed by atoms with Crippen molar-refractivity contribution in [2.75, 3.05) is 32.6 Å². The Hall–Kier alpha value is -2.71. The standard InChI is InChI=1S/C20H25N3O5.ClH/c1-26-17-9-15(20(25)23-6-4-3-5-7-23)16(10-18(17)27-2)22-19(24)13-8-14(11-21)28-12-13;/h8-10,12H,3-7,11,21H2,1-2H3,(H,22,24);1H. The van der Waals surface area contributed by atoms with E-state index >= 15 is 0 Å². The van der Waals surface area contributed by atoms with E-state index in [1.54, 1.807) is 23.1 Å². The molecule has 2 heterocycles. The number of amides is 2. The lowest BCUT2D eigenvalue weighted by Gasteiger charge is -2.28. The third-order valence-electron chi connectivity index (χ3n) is 4.76. The first-order valence-electron chi connectivity index (χ1n) is 9.21. The van der Waals surface area contributed by atoms with Gasteiger partial charge in [-0.3, -0.25) is 9.59 Å². The molecule has 9 heteroatoms. The van der Waals surface area contributed by atoms with Crippen molar-refractivity contribution in [3.63, 3.8) is 0 Å². The average molecular weight is 424 g/mol. The molecule has 0 spiro atoms. The van der Waals surface area contributed by atoms with Gasteiger partial charge < -0.3 is 29.8 Å². The second-order valence-electron chi connectivity index (χ2n) is 6.57. The first-order chi connectivity index (χ1) is 13.6. The minimum atomic E-state index is -0.400. The number of carbonyl (C=O) groups excluding carboxylic acids is 2. The molecule has 1 fully saturated rings. The van der Waals surface area contributed by atoms with Crippen molar-refractivity contribution in [2.45, 2.75) is 25.8 Å². The van der Waals surface area contributed by atoms with Crippen molar-refractivity contribution in [2.24, 2.45) is 5.73 Å². The molecule has 2 aromatic rings. The number of halogens is 1. The summed E-state index contributed by atoms with van der Waals surface area (Å²) in [6, 6.07) is 4.77. The second-order valence-corrected chi connectivity index (χ2v) is 6.57.